The lowest BCUT2D eigenvalue weighted by atomic mass is 10.0. The average molecular weight is 477 g/mol. The largest absolute Gasteiger partial charge is 0.573 e. The van der Waals surface area contributed by atoms with Gasteiger partial charge in [0.25, 0.3) is 0 Å². The third-order valence-corrected chi connectivity index (χ3v) is 5.91. The van der Waals surface area contributed by atoms with Gasteiger partial charge < -0.3 is 15.0 Å². The Morgan fingerprint density at radius 3 is 2.38 bits per heavy atom. The fourth-order valence-corrected chi connectivity index (χ4v) is 4.19. The summed E-state index contributed by atoms with van der Waals surface area (Å²) in [6.07, 6.45) is -2.32. The predicted octanol–water partition coefficient (Wildman–Crippen LogP) is 1.93. The number of halogens is 3. The smallest absolute Gasteiger partial charge is 0.406 e. The van der Waals surface area contributed by atoms with Crippen molar-refractivity contribution in [3.8, 4) is 5.75 Å². The topological polar surface area (TPSA) is 112 Å². The molecule has 1 amide bonds. The van der Waals surface area contributed by atoms with Gasteiger partial charge in [-0.25, -0.2) is 4.98 Å². The Labute approximate surface area is 191 Å². The van der Waals surface area contributed by atoms with E-state index in [1.54, 1.807) is 12.1 Å². The number of aryl methyl sites for hydroxylation is 1. The molecule has 1 saturated heterocycles. The molecule has 1 aliphatic heterocycles. The molecule has 12 heteroatoms. The number of ether oxygens (including phenoxy) is 1. The number of nitrogens with two attached hydrogens (primary N) is 1. The van der Waals surface area contributed by atoms with Gasteiger partial charge in [-0.3, -0.25) is 23.9 Å². The van der Waals surface area contributed by atoms with E-state index in [-0.39, 0.29) is 17.4 Å². The SMILES string of the molecule is Cn1c(=O)c(=O)n(C2CCN(Cc3ccc(OC(F)(F)F)cc3)CC2)c2ncc(C(N)=O)cc21. The Morgan fingerprint density at radius 2 is 1.79 bits per heavy atom. The summed E-state index contributed by atoms with van der Waals surface area (Å²) < 4.78 is 43.4. The fraction of sp³-hybridized carbons (Fsp3) is 0.364. The molecular weight excluding hydrogens is 455 g/mol. The van der Waals surface area contributed by atoms with Crippen molar-refractivity contribution in [2.24, 2.45) is 12.8 Å². The summed E-state index contributed by atoms with van der Waals surface area (Å²) in [7, 11) is 1.44. The maximum atomic E-state index is 12.8. The van der Waals surface area contributed by atoms with Crippen molar-refractivity contribution in [1.82, 2.24) is 19.0 Å². The molecule has 0 saturated carbocycles. The predicted molar refractivity (Wildman–Crippen MR) is 116 cm³/mol. The van der Waals surface area contributed by atoms with Gasteiger partial charge in [0.15, 0.2) is 5.65 Å². The Balaban J connectivity index is 1.51. The standard InChI is InChI=1S/C22H22F3N5O4/c1-28-17-10-14(18(26)31)11-27-19(17)30(21(33)20(28)32)15-6-8-29(9-7-15)12-13-2-4-16(5-3-13)34-22(23,24)25/h2-5,10-11,15H,6-9,12H2,1H3,(H2,26,31). The molecule has 0 bridgehead atoms. The number of likely N-dealkylation sites (tertiary alicyclic amines) is 1. The third kappa shape index (κ3) is 4.81. The number of fused-ring (bicyclic) bond motifs is 1. The van der Waals surface area contributed by atoms with Gasteiger partial charge in [-0.2, -0.15) is 0 Å². The number of nitrogens with zero attached hydrogens (tertiary/aromatic N) is 4. The van der Waals surface area contributed by atoms with Gasteiger partial charge in [0.1, 0.15) is 5.75 Å². The van der Waals surface area contributed by atoms with E-state index in [2.05, 4.69) is 14.6 Å². The molecule has 9 nitrogen and oxygen atoms in total. The van der Waals surface area contributed by atoms with E-state index < -0.39 is 23.4 Å². The lowest BCUT2D eigenvalue weighted by molar-refractivity contribution is -0.274. The van der Waals surface area contributed by atoms with E-state index in [0.717, 1.165) is 10.1 Å². The van der Waals surface area contributed by atoms with E-state index in [0.29, 0.717) is 43.6 Å². The van der Waals surface area contributed by atoms with Crippen LogP contribution in [-0.4, -0.2) is 44.4 Å². The number of carbonyl (C=O) groups excluding carboxylic acids is 1. The van der Waals surface area contributed by atoms with Crippen molar-refractivity contribution in [3.63, 3.8) is 0 Å². The molecule has 2 N–H and O–H groups in total. The van der Waals surface area contributed by atoms with E-state index in [4.69, 9.17) is 5.73 Å². The number of aromatic nitrogens is 3. The molecule has 1 aromatic carbocycles. The minimum Gasteiger partial charge on any atom is -0.406 e. The van der Waals surface area contributed by atoms with Crippen LogP contribution >= 0.6 is 0 Å². The highest BCUT2D eigenvalue weighted by molar-refractivity contribution is 5.95. The van der Waals surface area contributed by atoms with Gasteiger partial charge in [-0.05, 0) is 36.6 Å². The Morgan fingerprint density at radius 1 is 1.15 bits per heavy atom. The molecule has 0 aliphatic carbocycles. The number of primary amides is 1. The summed E-state index contributed by atoms with van der Waals surface area (Å²) in [6, 6.07) is 6.87. The summed E-state index contributed by atoms with van der Waals surface area (Å²) >= 11 is 0. The van der Waals surface area contributed by atoms with Gasteiger partial charge in [-0.15, -0.1) is 13.2 Å². The number of pyridine rings is 1. The first-order valence-corrected chi connectivity index (χ1v) is 10.5. The molecular formula is C22H22F3N5O4. The lowest BCUT2D eigenvalue weighted by Gasteiger charge is -2.33. The molecule has 4 rings (SSSR count). The van der Waals surface area contributed by atoms with E-state index in [1.807, 2.05) is 0 Å². The Hall–Kier alpha value is -3.67. The van der Waals surface area contributed by atoms with Crippen LogP contribution in [0.1, 0.15) is 34.8 Å². The maximum Gasteiger partial charge on any atom is 0.573 e. The zero-order chi connectivity index (χ0) is 24.6. The van der Waals surface area contributed by atoms with Crippen LogP contribution in [0.3, 0.4) is 0 Å². The second-order valence-electron chi connectivity index (χ2n) is 8.17. The molecule has 34 heavy (non-hydrogen) atoms. The molecule has 0 spiro atoms. The van der Waals surface area contributed by atoms with Crippen molar-refractivity contribution < 1.29 is 22.7 Å². The summed E-state index contributed by atoms with van der Waals surface area (Å²) in [6.45, 7) is 1.73. The first-order chi connectivity index (χ1) is 16.0. The van der Waals surface area contributed by atoms with Crippen molar-refractivity contribution in [3.05, 3.63) is 68.4 Å². The molecule has 3 aromatic rings. The van der Waals surface area contributed by atoms with Gasteiger partial charge >= 0.3 is 17.5 Å². The van der Waals surface area contributed by atoms with Crippen LogP contribution in [0, 0.1) is 0 Å². The van der Waals surface area contributed by atoms with Crippen molar-refractivity contribution in [1.29, 1.82) is 0 Å². The van der Waals surface area contributed by atoms with Crippen LogP contribution in [0.15, 0.2) is 46.1 Å². The number of carbonyl (C=O) groups is 1. The summed E-state index contributed by atoms with van der Waals surface area (Å²) in [5.41, 5.74) is 5.51. The quantitative estimate of drug-likeness (QED) is 0.562. The number of amides is 1. The number of benzene rings is 1. The lowest BCUT2D eigenvalue weighted by Crippen LogP contribution is -2.45. The fourth-order valence-electron chi connectivity index (χ4n) is 4.19. The summed E-state index contributed by atoms with van der Waals surface area (Å²) in [4.78, 5) is 43.3. The van der Waals surface area contributed by atoms with Gasteiger partial charge in [0, 0.05) is 38.9 Å². The van der Waals surface area contributed by atoms with Crippen LogP contribution in [-0.2, 0) is 13.6 Å². The number of rotatable bonds is 5. The third-order valence-electron chi connectivity index (χ3n) is 5.91. The highest BCUT2D eigenvalue weighted by atomic mass is 19.4. The van der Waals surface area contributed by atoms with Crippen molar-refractivity contribution in [2.45, 2.75) is 31.8 Å². The molecule has 2 aromatic heterocycles. The van der Waals surface area contributed by atoms with E-state index in [1.165, 1.54) is 36.0 Å². The Bertz CT molecular complexity index is 1340. The van der Waals surface area contributed by atoms with E-state index in [9.17, 15) is 27.6 Å². The monoisotopic (exact) mass is 477 g/mol. The molecule has 1 fully saturated rings. The average Bonchev–Trinajstić information content (AvgIpc) is 2.79. The zero-order valence-corrected chi connectivity index (χ0v) is 18.2. The first kappa shape index (κ1) is 23.5. The normalized spacial score (nSPS) is 15.5. The van der Waals surface area contributed by atoms with E-state index >= 15 is 0 Å². The minimum atomic E-state index is -4.74. The number of hydrogen-bond acceptors (Lipinski definition) is 6. The molecule has 0 unspecified atom stereocenters. The minimum absolute atomic E-state index is 0.133. The maximum absolute atomic E-state index is 12.8. The second kappa shape index (κ2) is 8.93. The number of hydrogen-bond donors (Lipinski definition) is 1. The molecule has 180 valence electrons. The highest BCUT2D eigenvalue weighted by Gasteiger charge is 2.31. The van der Waals surface area contributed by atoms with Crippen LogP contribution in [0.5, 0.6) is 5.75 Å². The van der Waals surface area contributed by atoms with Gasteiger partial charge in [0.2, 0.25) is 5.91 Å². The molecule has 3 heterocycles. The summed E-state index contributed by atoms with van der Waals surface area (Å²) in [5.74, 6) is -0.968. The first-order valence-electron chi connectivity index (χ1n) is 10.5. The molecule has 0 radical (unpaired) electrons. The molecule has 0 atom stereocenters. The Kier molecular flexibility index (Phi) is 6.17. The van der Waals surface area contributed by atoms with Gasteiger partial charge in [0.05, 0.1) is 11.1 Å². The van der Waals surface area contributed by atoms with Gasteiger partial charge in [-0.1, -0.05) is 12.1 Å². The van der Waals surface area contributed by atoms with Crippen LogP contribution in [0.4, 0.5) is 13.2 Å². The van der Waals surface area contributed by atoms with Crippen LogP contribution < -0.4 is 21.6 Å². The molecule has 1 aliphatic rings. The van der Waals surface area contributed by atoms with Crippen molar-refractivity contribution in [2.75, 3.05) is 13.1 Å². The summed E-state index contributed by atoms with van der Waals surface area (Å²) in [5, 5.41) is 0. The van der Waals surface area contributed by atoms with Crippen LogP contribution in [0.2, 0.25) is 0 Å². The second-order valence-corrected chi connectivity index (χ2v) is 8.17. The van der Waals surface area contributed by atoms with Crippen LogP contribution in [0.25, 0.3) is 11.2 Å². The number of piperidine rings is 1. The number of alkyl halides is 3. The van der Waals surface area contributed by atoms with Crippen molar-refractivity contribution >= 4 is 17.1 Å². The highest BCUT2D eigenvalue weighted by Crippen LogP contribution is 2.26. The zero-order valence-electron chi connectivity index (χ0n) is 18.2.